The number of ether oxygens (including phenoxy) is 1. The van der Waals surface area contributed by atoms with Crippen LogP contribution in [0.4, 0.5) is 5.69 Å². The summed E-state index contributed by atoms with van der Waals surface area (Å²) < 4.78 is 5.04. The summed E-state index contributed by atoms with van der Waals surface area (Å²) in [5, 5.41) is 5.66. The Bertz CT molecular complexity index is 581. The number of nitrogens with zero attached hydrogens (tertiary/aromatic N) is 2. The standard InChI is InChI=1S/C15H17N3O3/c1-2-3-9-21-15(20)12-10-13(14(16)19)18(17-12)11-7-5-4-6-8-11/h2-8,13H,9-10H2,1H3,(H2,16,19)/b3-2-/t13-/m0/s1. The van der Waals surface area contributed by atoms with Crippen LogP contribution in [0.1, 0.15) is 13.3 Å². The molecule has 110 valence electrons. The van der Waals surface area contributed by atoms with Gasteiger partial charge in [0.1, 0.15) is 18.4 Å². The molecule has 21 heavy (non-hydrogen) atoms. The van der Waals surface area contributed by atoms with E-state index in [0.29, 0.717) is 5.69 Å². The van der Waals surface area contributed by atoms with Crippen LogP contribution < -0.4 is 10.7 Å². The Morgan fingerprint density at radius 3 is 2.76 bits per heavy atom. The Labute approximate surface area is 122 Å². The van der Waals surface area contributed by atoms with Gasteiger partial charge in [-0.3, -0.25) is 9.80 Å². The zero-order chi connectivity index (χ0) is 15.2. The van der Waals surface area contributed by atoms with Crippen molar-refractivity contribution >= 4 is 23.3 Å². The molecule has 1 heterocycles. The van der Waals surface area contributed by atoms with Crippen molar-refractivity contribution in [1.82, 2.24) is 0 Å². The number of carbonyl (C=O) groups excluding carboxylic acids is 2. The molecule has 0 saturated heterocycles. The average molecular weight is 287 g/mol. The maximum absolute atomic E-state index is 11.9. The molecule has 1 amide bonds. The van der Waals surface area contributed by atoms with Crippen LogP contribution in [0.15, 0.2) is 47.6 Å². The number of hydrogen-bond donors (Lipinski definition) is 1. The molecule has 1 aromatic rings. The highest BCUT2D eigenvalue weighted by Gasteiger charge is 2.35. The summed E-state index contributed by atoms with van der Waals surface area (Å²) in [4.78, 5) is 23.5. The second-order valence-electron chi connectivity index (χ2n) is 4.52. The van der Waals surface area contributed by atoms with Crippen LogP contribution in [0, 0.1) is 0 Å². The van der Waals surface area contributed by atoms with Gasteiger partial charge in [0.25, 0.3) is 0 Å². The molecule has 1 atom stereocenters. The third-order valence-corrected chi connectivity index (χ3v) is 3.04. The van der Waals surface area contributed by atoms with Gasteiger partial charge in [-0.05, 0) is 19.1 Å². The Morgan fingerprint density at radius 2 is 2.14 bits per heavy atom. The van der Waals surface area contributed by atoms with E-state index in [1.807, 2.05) is 25.1 Å². The Morgan fingerprint density at radius 1 is 1.43 bits per heavy atom. The molecule has 0 radical (unpaired) electrons. The van der Waals surface area contributed by atoms with Crippen molar-refractivity contribution in [2.75, 3.05) is 11.6 Å². The van der Waals surface area contributed by atoms with Crippen molar-refractivity contribution in [2.45, 2.75) is 19.4 Å². The molecule has 0 spiro atoms. The van der Waals surface area contributed by atoms with Gasteiger partial charge in [-0.1, -0.05) is 30.4 Å². The summed E-state index contributed by atoms with van der Waals surface area (Å²) in [5.74, 6) is -1.06. The number of primary amides is 1. The number of rotatable bonds is 5. The van der Waals surface area contributed by atoms with Crippen LogP contribution >= 0.6 is 0 Å². The summed E-state index contributed by atoms with van der Waals surface area (Å²) in [7, 11) is 0. The van der Waals surface area contributed by atoms with Crippen molar-refractivity contribution in [3.8, 4) is 0 Å². The van der Waals surface area contributed by atoms with Crippen molar-refractivity contribution in [3.05, 3.63) is 42.5 Å². The topological polar surface area (TPSA) is 85.0 Å². The zero-order valence-electron chi connectivity index (χ0n) is 11.7. The van der Waals surface area contributed by atoms with E-state index in [1.165, 1.54) is 5.01 Å². The van der Waals surface area contributed by atoms with Crippen LogP contribution in [-0.4, -0.2) is 30.2 Å². The molecular weight excluding hydrogens is 270 g/mol. The summed E-state index contributed by atoms with van der Waals surface area (Å²) in [6.45, 7) is 2.02. The minimum atomic E-state index is -0.670. The molecular formula is C15H17N3O3. The van der Waals surface area contributed by atoms with E-state index in [-0.39, 0.29) is 18.7 Å². The van der Waals surface area contributed by atoms with Crippen LogP contribution in [0.25, 0.3) is 0 Å². The summed E-state index contributed by atoms with van der Waals surface area (Å²) in [6.07, 6.45) is 3.65. The summed E-state index contributed by atoms with van der Waals surface area (Å²) >= 11 is 0. The van der Waals surface area contributed by atoms with E-state index in [9.17, 15) is 9.59 Å². The Balaban J connectivity index is 2.17. The van der Waals surface area contributed by atoms with Gasteiger partial charge in [0.15, 0.2) is 0 Å². The molecule has 0 bridgehead atoms. The van der Waals surface area contributed by atoms with Crippen molar-refractivity contribution < 1.29 is 14.3 Å². The van der Waals surface area contributed by atoms with Gasteiger partial charge in [0.05, 0.1) is 5.69 Å². The molecule has 6 nitrogen and oxygen atoms in total. The van der Waals surface area contributed by atoms with Gasteiger partial charge in [0.2, 0.25) is 5.91 Å². The predicted octanol–water partition coefficient (Wildman–Crippen LogP) is 1.23. The average Bonchev–Trinajstić information content (AvgIpc) is 2.94. The fraction of sp³-hybridized carbons (Fsp3) is 0.267. The van der Waals surface area contributed by atoms with Gasteiger partial charge in [-0.25, -0.2) is 4.79 Å². The van der Waals surface area contributed by atoms with Gasteiger partial charge in [-0.15, -0.1) is 0 Å². The predicted molar refractivity (Wildman–Crippen MR) is 79.7 cm³/mol. The lowest BCUT2D eigenvalue weighted by atomic mass is 10.1. The first-order valence-corrected chi connectivity index (χ1v) is 6.63. The molecule has 2 N–H and O–H groups in total. The quantitative estimate of drug-likeness (QED) is 0.652. The van der Waals surface area contributed by atoms with Gasteiger partial charge in [0, 0.05) is 6.42 Å². The monoisotopic (exact) mass is 287 g/mol. The van der Waals surface area contributed by atoms with Crippen molar-refractivity contribution in [3.63, 3.8) is 0 Å². The molecule has 0 fully saturated rings. The normalized spacial score (nSPS) is 17.9. The Hall–Kier alpha value is -2.63. The largest absolute Gasteiger partial charge is 0.457 e. The van der Waals surface area contributed by atoms with E-state index in [1.54, 1.807) is 24.3 Å². The van der Waals surface area contributed by atoms with E-state index in [4.69, 9.17) is 10.5 Å². The number of hydrogen-bond acceptors (Lipinski definition) is 5. The van der Waals surface area contributed by atoms with Crippen LogP contribution in [0.3, 0.4) is 0 Å². The van der Waals surface area contributed by atoms with E-state index < -0.39 is 17.9 Å². The smallest absolute Gasteiger partial charge is 0.354 e. The lowest BCUT2D eigenvalue weighted by molar-refractivity contribution is -0.134. The van der Waals surface area contributed by atoms with Crippen LogP contribution in [-0.2, 0) is 14.3 Å². The number of anilines is 1. The van der Waals surface area contributed by atoms with Crippen molar-refractivity contribution in [2.24, 2.45) is 10.8 Å². The summed E-state index contributed by atoms with van der Waals surface area (Å²) in [6, 6.07) is 8.43. The molecule has 1 aromatic carbocycles. The van der Waals surface area contributed by atoms with Gasteiger partial charge in [-0.2, -0.15) is 5.10 Å². The van der Waals surface area contributed by atoms with Crippen LogP contribution in [0.5, 0.6) is 0 Å². The molecule has 2 rings (SSSR count). The fourth-order valence-electron chi connectivity index (χ4n) is 1.98. The second-order valence-corrected chi connectivity index (χ2v) is 4.52. The molecule has 1 aliphatic rings. The molecule has 1 aliphatic heterocycles. The number of allylic oxidation sites excluding steroid dienone is 1. The number of carbonyl (C=O) groups is 2. The lowest BCUT2D eigenvalue weighted by Crippen LogP contribution is -2.39. The summed E-state index contributed by atoms with van der Waals surface area (Å²) in [5.41, 5.74) is 6.30. The first-order chi connectivity index (χ1) is 10.1. The number of nitrogens with two attached hydrogens (primary N) is 1. The number of hydrazone groups is 1. The first-order valence-electron chi connectivity index (χ1n) is 6.63. The molecule has 0 saturated carbocycles. The maximum atomic E-state index is 11.9. The van der Waals surface area contributed by atoms with Crippen molar-refractivity contribution in [1.29, 1.82) is 0 Å². The maximum Gasteiger partial charge on any atom is 0.354 e. The SMILES string of the molecule is C/C=C\COC(=O)C1=NN(c2ccccc2)[C@H](C(N)=O)C1. The lowest BCUT2D eigenvalue weighted by Gasteiger charge is -2.20. The minimum Gasteiger partial charge on any atom is -0.457 e. The molecule has 0 aliphatic carbocycles. The number of para-hydroxylation sites is 1. The first kappa shape index (κ1) is 14.8. The molecule has 0 unspecified atom stereocenters. The third kappa shape index (κ3) is 3.47. The molecule has 0 aromatic heterocycles. The van der Waals surface area contributed by atoms with Gasteiger partial charge < -0.3 is 10.5 Å². The highest BCUT2D eigenvalue weighted by molar-refractivity contribution is 6.38. The third-order valence-electron chi connectivity index (χ3n) is 3.04. The van der Waals surface area contributed by atoms with E-state index in [0.717, 1.165) is 0 Å². The second kappa shape index (κ2) is 6.69. The van der Waals surface area contributed by atoms with E-state index >= 15 is 0 Å². The zero-order valence-corrected chi connectivity index (χ0v) is 11.7. The molecule has 6 heteroatoms. The Kier molecular flexibility index (Phi) is 4.71. The number of amides is 1. The number of benzene rings is 1. The van der Waals surface area contributed by atoms with Crippen LogP contribution in [0.2, 0.25) is 0 Å². The fourth-order valence-corrected chi connectivity index (χ4v) is 1.98. The van der Waals surface area contributed by atoms with E-state index in [2.05, 4.69) is 5.10 Å². The highest BCUT2D eigenvalue weighted by atomic mass is 16.5. The number of esters is 1. The minimum absolute atomic E-state index is 0.152. The highest BCUT2D eigenvalue weighted by Crippen LogP contribution is 2.24. The van der Waals surface area contributed by atoms with Gasteiger partial charge >= 0.3 is 5.97 Å².